The summed E-state index contributed by atoms with van der Waals surface area (Å²) in [6.07, 6.45) is -2.62. The fourth-order valence-electron chi connectivity index (χ4n) is 3.64. The molecule has 200 valence electrons. The minimum Gasteiger partial charge on any atom is -0.456 e. The van der Waals surface area contributed by atoms with Gasteiger partial charge in [-0.3, -0.25) is 19.5 Å². The topological polar surface area (TPSA) is 144 Å². The first-order valence-electron chi connectivity index (χ1n) is 11.5. The summed E-state index contributed by atoms with van der Waals surface area (Å²) in [6.45, 7) is 5.04. The smallest absolute Gasteiger partial charge is 0.412 e. The lowest BCUT2D eigenvalue weighted by atomic mass is 10.1. The highest BCUT2D eigenvalue weighted by molar-refractivity contribution is 14.1. The Hall–Kier alpha value is -3.04. The summed E-state index contributed by atoms with van der Waals surface area (Å²) in [5.74, 6) is -1.22. The molecule has 3 rings (SSSR count). The van der Waals surface area contributed by atoms with Crippen LogP contribution in [0.2, 0.25) is 0 Å². The van der Waals surface area contributed by atoms with Gasteiger partial charge in [-0.05, 0) is 35.1 Å². The van der Waals surface area contributed by atoms with Gasteiger partial charge in [-0.25, -0.2) is 9.59 Å². The van der Waals surface area contributed by atoms with Crippen molar-refractivity contribution in [1.82, 2.24) is 9.55 Å². The van der Waals surface area contributed by atoms with E-state index in [1.165, 1.54) is 20.0 Å². The molecule has 1 aliphatic heterocycles. The van der Waals surface area contributed by atoms with Crippen molar-refractivity contribution < 1.29 is 38.1 Å². The predicted molar refractivity (Wildman–Crippen MR) is 138 cm³/mol. The van der Waals surface area contributed by atoms with Crippen molar-refractivity contribution in [3.63, 3.8) is 0 Å². The lowest BCUT2D eigenvalue weighted by molar-refractivity contribution is -0.165. The van der Waals surface area contributed by atoms with Crippen LogP contribution in [-0.2, 0) is 39.9 Å². The van der Waals surface area contributed by atoms with E-state index in [0.29, 0.717) is 23.2 Å². The molecule has 0 bridgehead atoms. The van der Waals surface area contributed by atoms with E-state index in [9.17, 15) is 19.2 Å². The van der Waals surface area contributed by atoms with Crippen molar-refractivity contribution >= 4 is 46.4 Å². The Morgan fingerprint density at radius 3 is 2.43 bits per heavy atom. The van der Waals surface area contributed by atoms with Crippen LogP contribution in [0.1, 0.15) is 39.0 Å². The summed E-state index contributed by atoms with van der Waals surface area (Å²) in [5, 5.41) is 2.44. The molecule has 1 amide bonds. The number of carbonyl (C=O) groups is 3. The molecule has 2 aromatic rings. The molecule has 37 heavy (non-hydrogen) atoms. The second-order valence-electron chi connectivity index (χ2n) is 8.16. The van der Waals surface area contributed by atoms with Gasteiger partial charge in [-0.1, -0.05) is 30.3 Å². The average Bonchev–Trinajstić information content (AvgIpc) is 3.12. The van der Waals surface area contributed by atoms with E-state index in [-0.39, 0.29) is 12.4 Å². The largest absolute Gasteiger partial charge is 0.456 e. The highest BCUT2D eigenvalue weighted by Crippen LogP contribution is 2.33. The molecule has 2 heterocycles. The molecule has 1 aromatic carbocycles. The number of ether oxygens (including phenoxy) is 5. The Bertz CT molecular complexity index is 1160. The molecule has 1 aliphatic rings. The molecule has 0 radical (unpaired) electrons. The zero-order valence-corrected chi connectivity index (χ0v) is 22.7. The SMILES string of the molecule is CC(=O)O[C@@H]1[C@H](OC(C)=O)[C@@H](C)O[C@H]1n1cc(I)c(NC(=O)OCCCOCc2ccccc2)nc1=O. The Morgan fingerprint density at radius 1 is 1.08 bits per heavy atom. The summed E-state index contributed by atoms with van der Waals surface area (Å²) in [5.41, 5.74) is 0.276. The Balaban J connectivity index is 1.57. The molecule has 1 N–H and O–H groups in total. The maximum atomic E-state index is 12.8. The van der Waals surface area contributed by atoms with Crippen molar-refractivity contribution in [2.75, 3.05) is 18.5 Å². The van der Waals surface area contributed by atoms with E-state index in [1.54, 1.807) is 6.92 Å². The number of esters is 2. The van der Waals surface area contributed by atoms with Gasteiger partial charge in [0.1, 0.15) is 0 Å². The molecule has 12 nitrogen and oxygen atoms in total. The highest BCUT2D eigenvalue weighted by Gasteiger charge is 2.48. The number of halogens is 1. The lowest BCUT2D eigenvalue weighted by Crippen LogP contribution is -2.40. The minimum absolute atomic E-state index is 0.00112. The number of hydrogen-bond donors (Lipinski definition) is 1. The van der Waals surface area contributed by atoms with Gasteiger partial charge in [0, 0.05) is 26.5 Å². The molecule has 0 saturated carbocycles. The Morgan fingerprint density at radius 2 is 1.76 bits per heavy atom. The van der Waals surface area contributed by atoms with Crippen LogP contribution in [0.25, 0.3) is 0 Å². The standard InChI is InChI=1S/C24H28IN3O9/c1-14-19(36-15(2)29)20(37-16(3)30)22(35-14)28-12-18(25)21(26-23(28)31)27-24(32)34-11-7-10-33-13-17-8-5-4-6-9-17/h4-6,8-9,12,14,19-20,22H,7,10-11,13H2,1-3H3,(H,26,27,31,32)/t14-,19-,20-,22-/m1/s1. The Labute approximate surface area is 226 Å². The third kappa shape index (κ3) is 8.23. The number of nitrogens with zero attached hydrogens (tertiary/aromatic N) is 2. The lowest BCUT2D eigenvalue weighted by Gasteiger charge is -2.23. The van der Waals surface area contributed by atoms with E-state index in [1.807, 2.05) is 52.9 Å². The van der Waals surface area contributed by atoms with Gasteiger partial charge >= 0.3 is 23.7 Å². The van der Waals surface area contributed by atoms with Gasteiger partial charge in [0.15, 0.2) is 24.3 Å². The first-order chi connectivity index (χ1) is 17.7. The summed E-state index contributed by atoms with van der Waals surface area (Å²) in [6, 6.07) is 9.71. The minimum atomic E-state index is -1.09. The van der Waals surface area contributed by atoms with Gasteiger partial charge in [0.2, 0.25) is 0 Å². The zero-order valence-electron chi connectivity index (χ0n) is 20.5. The number of carbonyl (C=O) groups excluding carboxylic acids is 3. The van der Waals surface area contributed by atoms with E-state index >= 15 is 0 Å². The third-order valence-electron chi connectivity index (χ3n) is 5.21. The molecule has 13 heteroatoms. The van der Waals surface area contributed by atoms with Crippen molar-refractivity contribution in [1.29, 1.82) is 0 Å². The predicted octanol–water partition coefficient (Wildman–Crippen LogP) is 2.78. The summed E-state index contributed by atoms with van der Waals surface area (Å²) < 4.78 is 28.6. The van der Waals surface area contributed by atoms with E-state index in [0.717, 1.165) is 10.1 Å². The van der Waals surface area contributed by atoms with Gasteiger partial charge in [0.05, 0.1) is 29.5 Å². The zero-order chi connectivity index (χ0) is 26.9. The molecule has 4 atom stereocenters. The van der Waals surface area contributed by atoms with Gasteiger partial charge in [0.25, 0.3) is 0 Å². The second kappa shape index (κ2) is 13.5. The maximum Gasteiger partial charge on any atom is 0.412 e. The highest BCUT2D eigenvalue weighted by atomic mass is 127. The number of amides is 1. The fraction of sp³-hybridized carbons (Fsp3) is 0.458. The van der Waals surface area contributed by atoms with E-state index in [2.05, 4.69) is 10.3 Å². The van der Waals surface area contributed by atoms with Crippen LogP contribution >= 0.6 is 22.6 Å². The first kappa shape index (κ1) is 28.5. The van der Waals surface area contributed by atoms with Crippen molar-refractivity contribution in [2.45, 2.75) is 58.3 Å². The molecular weight excluding hydrogens is 601 g/mol. The number of nitrogens with one attached hydrogen (secondary N) is 1. The molecular formula is C24H28IN3O9. The maximum absolute atomic E-state index is 12.8. The van der Waals surface area contributed by atoms with Gasteiger partial charge in [-0.15, -0.1) is 0 Å². The van der Waals surface area contributed by atoms with Crippen LogP contribution in [0, 0.1) is 3.57 Å². The number of benzene rings is 1. The van der Waals surface area contributed by atoms with E-state index < -0.39 is 48.3 Å². The number of aromatic nitrogens is 2. The molecule has 0 aliphatic carbocycles. The molecule has 1 fully saturated rings. The molecule has 0 unspecified atom stereocenters. The molecule has 0 spiro atoms. The normalized spacial score (nSPS) is 20.8. The quantitative estimate of drug-likeness (QED) is 0.180. The summed E-state index contributed by atoms with van der Waals surface area (Å²) in [7, 11) is 0. The summed E-state index contributed by atoms with van der Waals surface area (Å²) >= 11 is 1.89. The van der Waals surface area contributed by atoms with Crippen LogP contribution < -0.4 is 11.0 Å². The van der Waals surface area contributed by atoms with Gasteiger partial charge in [-0.2, -0.15) is 4.98 Å². The number of anilines is 1. The van der Waals surface area contributed by atoms with Crippen molar-refractivity contribution in [3.8, 4) is 0 Å². The average molecular weight is 629 g/mol. The van der Waals surface area contributed by atoms with E-state index in [4.69, 9.17) is 23.7 Å². The third-order valence-corrected chi connectivity index (χ3v) is 5.99. The van der Waals surface area contributed by atoms with Gasteiger partial charge < -0.3 is 23.7 Å². The second-order valence-corrected chi connectivity index (χ2v) is 9.32. The number of hydrogen-bond acceptors (Lipinski definition) is 10. The monoisotopic (exact) mass is 629 g/mol. The first-order valence-corrected chi connectivity index (χ1v) is 12.6. The van der Waals surface area contributed by atoms with Crippen LogP contribution in [0.4, 0.5) is 10.6 Å². The molecule has 1 saturated heterocycles. The van der Waals surface area contributed by atoms with Crippen LogP contribution in [0.5, 0.6) is 0 Å². The Kier molecular flexibility index (Phi) is 10.4. The van der Waals surface area contributed by atoms with Crippen LogP contribution in [0.15, 0.2) is 41.3 Å². The van der Waals surface area contributed by atoms with Crippen molar-refractivity contribution in [3.05, 3.63) is 56.1 Å². The van der Waals surface area contributed by atoms with Crippen LogP contribution in [0.3, 0.4) is 0 Å². The number of rotatable bonds is 10. The molecule has 1 aromatic heterocycles. The van der Waals surface area contributed by atoms with Crippen molar-refractivity contribution in [2.24, 2.45) is 0 Å². The van der Waals surface area contributed by atoms with Crippen LogP contribution in [-0.4, -0.2) is 59.1 Å². The summed E-state index contributed by atoms with van der Waals surface area (Å²) in [4.78, 5) is 52.0. The fourth-order valence-corrected chi connectivity index (χ4v) is 4.19.